The van der Waals surface area contributed by atoms with Gasteiger partial charge in [0.2, 0.25) is 11.8 Å². The number of likely N-dealkylation sites (N-methyl/N-ethyl adjacent to an activating group) is 1. The molecule has 1 heterocycles. The molecule has 0 spiro atoms. The fraction of sp³-hybridized carbons (Fsp3) is 0.778. The number of rotatable bonds is 3. The predicted octanol–water partition coefficient (Wildman–Crippen LogP) is -1.12. The number of hydrogen-bond acceptors (Lipinski definition) is 3. The van der Waals surface area contributed by atoms with E-state index < -0.39 is 0 Å². The van der Waals surface area contributed by atoms with Crippen molar-refractivity contribution in [1.82, 2.24) is 9.80 Å². The van der Waals surface area contributed by atoms with Crippen LogP contribution in [0, 0.1) is 5.92 Å². The summed E-state index contributed by atoms with van der Waals surface area (Å²) in [5.74, 6) is 0.472. The molecule has 5 heteroatoms. The van der Waals surface area contributed by atoms with Crippen LogP contribution < -0.4 is 5.73 Å². The molecule has 0 unspecified atom stereocenters. The van der Waals surface area contributed by atoms with Gasteiger partial charge < -0.3 is 15.5 Å². The molecular weight excluding hydrogens is 182 g/mol. The zero-order valence-electron chi connectivity index (χ0n) is 8.69. The second kappa shape index (κ2) is 4.41. The van der Waals surface area contributed by atoms with Gasteiger partial charge in [-0.05, 0) is 0 Å². The summed E-state index contributed by atoms with van der Waals surface area (Å²) in [4.78, 5) is 25.4. The van der Waals surface area contributed by atoms with Crippen LogP contribution in [0.5, 0.6) is 0 Å². The minimum Gasteiger partial charge on any atom is -0.344 e. The first-order chi connectivity index (χ1) is 6.54. The summed E-state index contributed by atoms with van der Waals surface area (Å²) in [5, 5.41) is 0. The molecule has 1 saturated heterocycles. The number of amides is 2. The quantitative estimate of drug-likeness (QED) is 0.626. The van der Waals surface area contributed by atoms with Gasteiger partial charge in [0.1, 0.15) is 0 Å². The Labute approximate surface area is 83.8 Å². The molecular formula is C9H17N3O2. The van der Waals surface area contributed by atoms with Gasteiger partial charge in [-0.15, -0.1) is 0 Å². The standard InChI is InChI=1S/C9H17N3O2/c1-7(13)12-5-8(6-12)4-11(2)9(14)3-10/h8H,3-6,10H2,1-2H3. The summed E-state index contributed by atoms with van der Waals surface area (Å²) in [6.07, 6.45) is 0. The Bertz CT molecular complexity index is 236. The Morgan fingerprint density at radius 3 is 2.50 bits per heavy atom. The summed E-state index contributed by atoms with van der Waals surface area (Å²) < 4.78 is 0. The van der Waals surface area contributed by atoms with Crippen LogP contribution in [0.4, 0.5) is 0 Å². The Hall–Kier alpha value is -1.10. The lowest BCUT2D eigenvalue weighted by molar-refractivity contribution is -0.136. The third-order valence-electron chi connectivity index (χ3n) is 2.53. The molecule has 0 aromatic heterocycles. The van der Waals surface area contributed by atoms with Crippen LogP contribution in [0.1, 0.15) is 6.92 Å². The number of hydrogen-bond donors (Lipinski definition) is 1. The van der Waals surface area contributed by atoms with E-state index in [4.69, 9.17) is 5.73 Å². The molecule has 0 aromatic rings. The van der Waals surface area contributed by atoms with E-state index in [-0.39, 0.29) is 18.4 Å². The van der Waals surface area contributed by atoms with Crippen LogP contribution >= 0.6 is 0 Å². The van der Waals surface area contributed by atoms with Crippen molar-refractivity contribution >= 4 is 11.8 Å². The van der Waals surface area contributed by atoms with E-state index in [9.17, 15) is 9.59 Å². The summed E-state index contributed by atoms with van der Waals surface area (Å²) in [6.45, 7) is 3.83. The molecule has 5 nitrogen and oxygen atoms in total. The van der Waals surface area contributed by atoms with E-state index in [1.165, 1.54) is 0 Å². The van der Waals surface area contributed by atoms with Crippen molar-refractivity contribution in [2.24, 2.45) is 11.7 Å². The third-order valence-corrected chi connectivity index (χ3v) is 2.53. The summed E-state index contributed by atoms with van der Waals surface area (Å²) in [5.41, 5.74) is 5.23. The Balaban J connectivity index is 2.22. The molecule has 0 bridgehead atoms. The molecule has 0 radical (unpaired) electrons. The average molecular weight is 199 g/mol. The maximum absolute atomic E-state index is 11.1. The minimum absolute atomic E-state index is 0.0497. The maximum atomic E-state index is 11.1. The van der Waals surface area contributed by atoms with E-state index in [2.05, 4.69) is 0 Å². The highest BCUT2D eigenvalue weighted by Crippen LogP contribution is 2.15. The van der Waals surface area contributed by atoms with Gasteiger partial charge in [0.25, 0.3) is 0 Å². The summed E-state index contributed by atoms with van der Waals surface area (Å²) in [6, 6.07) is 0. The number of nitrogens with zero attached hydrogens (tertiary/aromatic N) is 2. The van der Waals surface area contributed by atoms with Gasteiger partial charge >= 0.3 is 0 Å². The first-order valence-corrected chi connectivity index (χ1v) is 4.74. The molecule has 2 N–H and O–H groups in total. The highest BCUT2D eigenvalue weighted by Gasteiger charge is 2.29. The second-order valence-corrected chi connectivity index (χ2v) is 3.77. The van der Waals surface area contributed by atoms with Gasteiger partial charge in [0.05, 0.1) is 6.54 Å². The molecule has 0 saturated carbocycles. The normalized spacial score (nSPS) is 16.4. The van der Waals surface area contributed by atoms with Gasteiger partial charge in [0, 0.05) is 39.5 Å². The fourth-order valence-electron chi connectivity index (χ4n) is 1.59. The van der Waals surface area contributed by atoms with Crippen molar-refractivity contribution in [3.63, 3.8) is 0 Å². The van der Waals surface area contributed by atoms with Crippen molar-refractivity contribution in [1.29, 1.82) is 0 Å². The molecule has 1 aliphatic heterocycles. The van der Waals surface area contributed by atoms with Crippen molar-refractivity contribution in [3.05, 3.63) is 0 Å². The van der Waals surface area contributed by atoms with Crippen LogP contribution in [0.25, 0.3) is 0 Å². The molecule has 0 aliphatic carbocycles. The topological polar surface area (TPSA) is 66.6 Å². The predicted molar refractivity (Wildman–Crippen MR) is 52.4 cm³/mol. The van der Waals surface area contributed by atoms with Crippen LogP contribution in [0.2, 0.25) is 0 Å². The zero-order chi connectivity index (χ0) is 10.7. The molecule has 1 fully saturated rings. The molecule has 2 amide bonds. The molecule has 80 valence electrons. The van der Waals surface area contributed by atoms with Crippen molar-refractivity contribution in [2.75, 3.05) is 33.2 Å². The Morgan fingerprint density at radius 1 is 1.50 bits per heavy atom. The summed E-state index contributed by atoms with van der Waals surface area (Å²) in [7, 11) is 1.74. The first kappa shape index (κ1) is 11.0. The molecule has 1 aliphatic rings. The van der Waals surface area contributed by atoms with Crippen molar-refractivity contribution in [3.8, 4) is 0 Å². The molecule has 0 aromatic carbocycles. The number of carbonyl (C=O) groups is 2. The van der Waals surface area contributed by atoms with E-state index >= 15 is 0 Å². The number of nitrogens with two attached hydrogens (primary N) is 1. The van der Waals surface area contributed by atoms with E-state index in [0.717, 1.165) is 13.1 Å². The lowest BCUT2D eigenvalue weighted by atomic mass is 10.00. The van der Waals surface area contributed by atoms with Crippen LogP contribution in [-0.4, -0.2) is 54.8 Å². The molecule has 14 heavy (non-hydrogen) atoms. The lowest BCUT2D eigenvalue weighted by Gasteiger charge is -2.40. The van der Waals surface area contributed by atoms with Crippen LogP contribution in [0.3, 0.4) is 0 Å². The van der Waals surface area contributed by atoms with Gasteiger partial charge in [-0.2, -0.15) is 0 Å². The average Bonchev–Trinajstić information content (AvgIpc) is 2.07. The largest absolute Gasteiger partial charge is 0.344 e. The fourth-order valence-corrected chi connectivity index (χ4v) is 1.59. The SMILES string of the molecule is CC(=O)N1CC(CN(C)C(=O)CN)C1. The zero-order valence-corrected chi connectivity index (χ0v) is 8.69. The van der Waals surface area contributed by atoms with Crippen LogP contribution in [0.15, 0.2) is 0 Å². The monoisotopic (exact) mass is 199 g/mol. The van der Waals surface area contributed by atoms with Crippen LogP contribution in [-0.2, 0) is 9.59 Å². The van der Waals surface area contributed by atoms with Gasteiger partial charge in [-0.1, -0.05) is 0 Å². The smallest absolute Gasteiger partial charge is 0.236 e. The summed E-state index contributed by atoms with van der Waals surface area (Å²) >= 11 is 0. The maximum Gasteiger partial charge on any atom is 0.236 e. The van der Waals surface area contributed by atoms with Gasteiger partial charge in [0.15, 0.2) is 0 Å². The second-order valence-electron chi connectivity index (χ2n) is 3.77. The molecule has 0 atom stereocenters. The van der Waals surface area contributed by atoms with E-state index in [1.807, 2.05) is 0 Å². The van der Waals surface area contributed by atoms with E-state index in [1.54, 1.807) is 23.8 Å². The minimum atomic E-state index is -0.0497. The Kier molecular flexibility index (Phi) is 3.46. The lowest BCUT2D eigenvalue weighted by Crippen LogP contribution is -2.53. The third kappa shape index (κ3) is 2.45. The van der Waals surface area contributed by atoms with E-state index in [0.29, 0.717) is 12.5 Å². The molecule has 1 rings (SSSR count). The van der Waals surface area contributed by atoms with Gasteiger partial charge in [-0.3, -0.25) is 9.59 Å². The Morgan fingerprint density at radius 2 is 2.07 bits per heavy atom. The highest BCUT2D eigenvalue weighted by atomic mass is 16.2. The first-order valence-electron chi connectivity index (χ1n) is 4.74. The van der Waals surface area contributed by atoms with Gasteiger partial charge in [-0.25, -0.2) is 0 Å². The number of likely N-dealkylation sites (tertiary alicyclic amines) is 1. The van der Waals surface area contributed by atoms with Crippen molar-refractivity contribution in [2.45, 2.75) is 6.92 Å². The van der Waals surface area contributed by atoms with Crippen molar-refractivity contribution < 1.29 is 9.59 Å². The highest BCUT2D eigenvalue weighted by molar-refractivity contribution is 5.77. The number of carbonyl (C=O) groups excluding carboxylic acids is 2.